The van der Waals surface area contributed by atoms with Crippen molar-refractivity contribution in [3.05, 3.63) is 59.7 Å². The molecule has 0 saturated heterocycles. The Labute approximate surface area is 175 Å². The van der Waals surface area contributed by atoms with E-state index in [0.717, 1.165) is 30.2 Å². The van der Waals surface area contributed by atoms with Gasteiger partial charge in [0.1, 0.15) is 5.75 Å². The van der Waals surface area contributed by atoms with Crippen LogP contribution in [-0.2, 0) is 5.75 Å². The predicted molar refractivity (Wildman–Crippen MR) is 120 cm³/mol. The number of rotatable bonds is 10. The fourth-order valence-corrected chi connectivity index (χ4v) is 3.51. The second kappa shape index (κ2) is 10.5. The summed E-state index contributed by atoms with van der Waals surface area (Å²) < 4.78 is 5.17. The fraction of sp³-hybridized carbons (Fsp3) is 0.286. The lowest BCUT2D eigenvalue weighted by atomic mass is 10.2. The lowest BCUT2D eigenvalue weighted by Crippen LogP contribution is -2.21. The van der Waals surface area contributed by atoms with Gasteiger partial charge < -0.3 is 9.64 Å². The van der Waals surface area contributed by atoms with E-state index in [1.807, 2.05) is 24.3 Å². The maximum Gasteiger partial charge on any atom is 0.240 e. The van der Waals surface area contributed by atoms with Crippen molar-refractivity contribution in [1.82, 2.24) is 15.2 Å². The van der Waals surface area contributed by atoms with Crippen molar-refractivity contribution in [3.8, 4) is 5.75 Å². The second-order valence-electron chi connectivity index (χ2n) is 6.24. The number of ether oxygens (including phenoxy) is 1. The molecule has 8 heteroatoms. The van der Waals surface area contributed by atoms with Crippen LogP contribution in [0, 0.1) is 0 Å². The summed E-state index contributed by atoms with van der Waals surface area (Å²) >= 11 is 1.56. The zero-order chi connectivity index (χ0) is 20.5. The van der Waals surface area contributed by atoms with Crippen LogP contribution in [0.1, 0.15) is 25.0 Å². The van der Waals surface area contributed by atoms with Crippen molar-refractivity contribution in [2.75, 3.05) is 30.5 Å². The molecule has 7 nitrogen and oxygen atoms in total. The van der Waals surface area contributed by atoms with Crippen LogP contribution >= 0.6 is 11.8 Å². The summed E-state index contributed by atoms with van der Waals surface area (Å²) in [6.07, 6.45) is 1.76. The van der Waals surface area contributed by atoms with Gasteiger partial charge in [0.15, 0.2) is 0 Å². The molecule has 2 aromatic carbocycles. The Hall–Kier alpha value is -3.00. The SMILES string of the molecule is CCN(CC)c1ccc(/C=N\Nc2nc(SCc3ccc(OC)cc3)n[nH]2)cc1. The van der Waals surface area contributed by atoms with E-state index in [4.69, 9.17) is 4.74 Å². The predicted octanol–water partition coefficient (Wildman–Crippen LogP) is 4.40. The summed E-state index contributed by atoms with van der Waals surface area (Å²) in [5, 5.41) is 12.0. The Balaban J connectivity index is 1.49. The monoisotopic (exact) mass is 410 g/mol. The molecule has 0 spiro atoms. The number of aromatic amines is 1. The summed E-state index contributed by atoms with van der Waals surface area (Å²) in [7, 11) is 1.66. The highest BCUT2D eigenvalue weighted by Gasteiger charge is 2.04. The maximum atomic E-state index is 5.17. The van der Waals surface area contributed by atoms with Crippen LogP contribution in [0.15, 0.2) is 58.8 Å². The number of hydrogen-bond acceptors (Lipinski definition) is 7. The molecule has 0 aliphatic heterocycles. The van der Waals surface area contributed by atoms with Crippen molar-refractivity contribution < 1.29 is 4.74 Å². The van der Waals surface area contributed by atoms with Crippen LogP contribution < -0.4 is 15.1 Å². The first-order chi connectivity index (χ1) is 14.2. The van der Waals surface area contributed by atoms with Gasteiger partial charge in [0.2, 0.25) is 11.1 Å². The molecule has 0 aliphatic rings. The highest BCUT2D eigenvalue weighted by molar-refractivity contribution is 7.98. The van der Waals surface area contributed by atoms with Gasteiger partial charge in [0.05, 0.1) is 13.3 Å². The van der Waals surface area contributed by atoms with Crippen molar-refractivity contribution >= 4 is 29.6 Å². The van der Waals surface area contributed by atoms with Gasteiger partial charge in [-0.3, -0.25) is 0 Å². The Morgan fingerprint density at radius 2 is 1.83 bits per heavy atom. The summed E-state index contributed by atoms with van der Waals surface area (Å²) in [6, 6.07) is 16.3. The third kappa shape index (κ3) is 5.99. The van der Waals surface area contributed by atoms with Gasteiger partial charge in [-0.05, 0) is 49.2 Å². The summed E-state index contributed by atoms with van der Waals surface area (Å²) in [4.78, 5) is 6.69. The Kier molecular flexibility index (Phi) is 7.52. The van der Waals surface area contributed by atoms with E-state index in [1.165, 1.54) is 11.3 Å². The highest BCUT2D eigenvalue weighted by atomic mass is 32.2. The summed E-state index contributed by atoms with van der Waals surface area (Å²) in [6.45, 7) is 6.30. The zero-order valence-electron chi connectivity index (χ0n) is 16.9. The number of aromatic nitrogens is 3. The molecule has 29 heavy (non-hydrogen) atoms. The number of benzene rings is 2. The first-order valence-corrected chi connectivity index (χ1v) is 10.5. The van der Waals surface area contributed by atoms with E-state index in [-0.39, 0.29) is 0 Å². The molecule has 1 heterocycles. The third-order valence-electron chi connectivity index (χ3n) is 4.40. The van der Waals surface area contributed by atoms with Gasteiger partial charge >= 0.3 is 0 Å². The average Bonchev–Trinajstić information content (AvgIpc) is 3.22. The molecule has 0 fully saturated rings. The topological polar surface area (TPSA) is 78.4 Å². The number of anilines is 2. The molecular formula is C21H26N6OS. The van der Waals surface area contributed by atoms with Crippen LogP contribution in [0.4, 0.5) is 11.6 Å². The van der Waals surface area contributed by atoms with Gasteiger partial charge in [0, 0.05) is 24.5 Å². The quantitative estimate of drug-likeness (QED) is 0.293. The molecule has 3 aromatic rings. The van der Waals surface area contributed by atoms with Crippen molar-refractivity contribution in [1.29, 1.82) is 0 Å². The molecule has 0 radical (unpaired) electrons. The normalized spacial score (nSPS) is 11.0. The number of thioether (sulfide) groups is 1. The number of methoxy groups -OCH3 is 1. The minimum absolute atomic E-state index is 0.512. The molecule has 0 amide bonds. The van der Waals surface area contributed by atoms with E-state index < -0.39 is 0 Å². The molecule has 152 valence electrons. The highest BCUT2D eigenvalue weighted by Crippen LogP contribution is 2.21. The van der Waals surface area contributed by atoms with E-state index in [9.17, 15) is 0 Å². The van der Waals surface area contributed by atoms with Gasteiger partial charge in [-0.2, -0.15) is 10.1 Å². The molecule has 0 bridgehead atoms. The van der Waals surface area contributed by atoms with E-state index >= 15 is 0 Å². The van der Waals surface area contributed by atoms with Crippen LogP contribution in [0.3, 0.4) is 0 Å². The van der Waals surface area contributed by atoms with Crippen LogP contribution in [0.25, 0.3) is 0 Å². The molecule has 1 aromatic heterocycles. The molecule has 0 unspecified atom stereocenters. The van der Waals surface area contributed by atoms with Crippen LogP contribution in [0.2, 0.25) is 0 Å². The molecule has 3 rings (SSSR count). The molecule has 0 atom stereocenters. The Morgan fingerprint density at radius 1 is 1.10 bits per heavy atom. The third-order valence-corrected chi connectivity index (χ3v) is 5.32. The van der Waals surface area contributed by atoms with Gasteiger partial charge in [-0.1, -0.05) is 36.0 Å². The number of nitrogens with one attached hydrogen (secondary N) is 2. The lowest BCUT2D eigenvalue weighted by molar-refractivity contribution is 0.414. The standard InChI is InChI=1S/C21H26N6OS/c1-4-27(5-2)18-10-6-16(7-11-18)14-22-24-20-23-21(26-25-20)29-15-17-8-12-19(28-3)13-9-17/h6-14H,4-5,15H2,1-3H3,(H2,23,24,25,26)/b22-14-. The van der Waals surface area contributed by atoms with Crippen LogP contribution in [0.5, 0.6) is 5.75 Å². The van der Waals surface area contributed by atoms with Crippen LogP contribution in [-0.4, -0.2) is 41.6 Å². The maximum absolute atomic E-state index is 5.17. The number of H-pyrrole nitrogens is 1. The summed E-state index contributed by atoms with van der Waals surface area (Å²) in [5.74, 6) is 2.14. The van der Waals surface area contributed by atoms with E-state index in [2.05, 4.69) is 68.7 Å². The van der Waals surface area contributed by atoms with Gasteiger partial charge in [0.25, 0.3) is 0 Å². The van der Waals surface area contributed by atoms with Crippen molar-refractivity contribution in [2.24, 2.45) is 5.10 Å². The van der Waals surface area contributed by atoms with Crippen molar-refractivity contribution in [2.45, 2.75) is 24.8 Å². The fourth-order valence-electron chi connectivity index (χ4n) is 2.76. The van der Waals surface area contributed by atoms with Gasteiger partial charge in [-0.25, -0.2) is 10.5 Å². The first kappa shape index (κ1) is 20.7. The number of hydrogen-bond donors (Lipinski definition) is 2. The number of nitrogens with zero attached hydrogens (tertiary/aromatic N) is 4. The van der Waals surface area contributed by atoms with Gasteiger partial charge in [-0.15, -0.1) is 5.10 Å². The van der Waals surface area contributed by atoms with E-state index in [1.54, 1.807) is 25.1 Å². The minimum atomic E-state index is 0.512. The minimum Gasteiger partial charge on any atom is -0.497 e. The Bertz CT molecular complexity index is 904. The largest absolute Gasteiger partial charge is 0.497 e. The van der Waals surface area contributed by atoms with E-state index in [0.29, 0.717) is 11.1 Å². The molecular weight excluding hydrogens is 384 g/mol. The summed E-state index contributed by atoms with van der Waals surface area (Å²) in [5.41, 5.74) is 6.30. The second-order valence-corrected chi connectivity index (χ2v) is 7.18. The number of hydrazone groups is 1. The molecule has 0 saturated carbocycles. The molecule has 2 N–H and O–H groups in total. The zero-order valence-corrected chi connectivity index (χ0v) is 17.7. The average molecular weight is 411 g/mol. The molecule has 0 aliphatic carbocycles. The lowest BCUT2D eigenvalue weighted by Gasteiger charge is -2.20. The first-order valence-electron chi connectivity index (χ1n) is 9.54. The smallest absolute Gasteiger partial charge is 0.240 e. The van der Waals surface area contributed by atoms with Crippen molar-refractivity contribution in [3.63, 3.8) is 0 Å². The Morgan fingerprint density at radius 3 is 2.48 bits per heavy atom.